The highest BCUT2D eigenvalue weighted by Gasteiger charge is 2.24. The predicted molar refractivity (Wildman–Crippen MR) is 110 cm³/mol. The number of para-hydroxylation sites is 2. The van der Waals surface area contributed by atoms with Crippen LogP contribution < -0.4 is 20.1 Å². The average molecular weight is 428 g/mol. The number of carbonyl (C=O) groups excluding carboxylic acids is 3. The van der Waals surface area contributed by atoms with Gasteiger partial charge in [0.25, 0.3) is 5.91 Å². The Morgan fingerprint density at radius 1 is 1.23 bits per heavy atom. The molecule has 0 bridgehead atoms. The molecular formula is C21H20N2O6S. The highest BCUT2D eigenvalue weighted by Crippen LogP contribution is 2.36. The first kappa shape index (κ1) is 20.1. The number of ether oxygens (including phenoxy) is 3. The van der Waals surface area contributed by atoms with E-state index in [9.17, 15) is 14.4 Å². The zero-order valence-electron chi connectivity index (χ0n) is 16.2. The standard InChI is InChI=1S/C21H20N2O6S/c1-12-20(25)23-15-8-13(6-7-18(15)30-12)21(26)28-11-19(24)22-9-14-10-27-16-4-2-3-5-17(16)29-14/h2-8,12,14H,9-11H2,1H3,(H,22,24)(H,23,25). The van der Waals surface area contributed by atoms with Gasteiger partial charge in [0.05, 0.1) is 23.0 Å². The minimum atomic E-state index is -0.642. The smallest absolute Gasteiger partial charge is 0.338 e. The molecular weight excluding hydrogens is 408 g/mol. The molecule has 0 fully saturated rings. The van der Waals surface area contributed by atoms with Gasteiger partial charge in [-0.3, -0.25) is 9.59 Å². The predicted octanol–water partition coefficient (Wildman–Crippen LogP) is 2.23. The number of thioether (sulfide) groups is 1. The van der Waals surface area contributed by atoms with E-state index in [0.717, 1.165) is 4.90 Å². The number of benzene rings is 2. The third kappa shape index (κ3) is 4.51. The van der Waals surface area contributed by atoms with Crippen molar-refractivity contribution in [3.8, 4) is 11.5 Å². The summed E-state index contributed by atoms with van der Waals surface area (Å²) < 4.78 is 16.4. The molecule has 30 heavy (non-hydrogen) atoms. The van der Waals surface area contributed by atoms with Crippen molar-refractivity contribution in [2.45, 2.75) is 23.2 Å². The van der Waals surface area contributed by atoms with Crippen LogP contribution in [-0.2, 0) is 14.3 Å². The first-order valence-electron chi connectivity index (χ1n) is 9.43. The van der Waals surface area contributed by atoms with E-state index >= 15 is 0 Å². The van der Waals surface area contributed by atoms with Crippen molar-refractivity contribution in [1.82, 2.24) is 5.32 Å². The van der Waals surface area contributed by atoms with Crippen molar-refractivity contribution in [1.29, 1.82) is 0 Å². The van der Waals surface area contributed by atoms with Crippen LogP contribution in [0.25, 0.3) is 0 Å². The SMILES string of the molecule is CC1Sc2ccc(C(=O)OCC(=O)NCC3COc4ccccc4O3)cc2NC1=O. The topological polar surface area (TPSA) is 103 Å². The third-order valence-electron chi connectivity index (χ3n) is 4.57. The molecule has 9 heteroatoms. The lowest BCUT2D eigenvalue weighted by Crippen LogP contribution is -2.42. The maximum Gasteiger partial charge on any atom is 0.338 e. The first-order valence-corrected chi connectivity index (χ1v) is 10.3. The molecule has 8 nitrogen and oxygen atoms in total. The summed E-state index contributed by atoms with van der Waals surface area (Å²) in [6.45, 7) is 1.94. The van der Waals surface area contributed by atoms with Gasteiger partial charge in [0.1, 0.15) is 12.7 Å². The lowest BCUT2D eigenvalue weighted by atomic mass is 10.2. The van der Waals surface area contributed by atoms with Crippen molar-refractivity contribution in [3.05, 3.63) is 48.0 Å². The van der Waals surface area contributed by atoms with Gasteiger partial charge in [-0.2, -0.15) is 0 Å². The van der Waals surface area contributed by atoms with Crippen molar-refractivity contribution >= 4 is 35.2 Å². The molecule has 2 aliphatic heterocycles. The van der Waals surface area contributed by atoms with Gasteiger partial charge in [-0.15, -0.1) is 11.8 Å². The molecule has 0 spiro atoms. The van der Waals surface area contributed by atoms with Gasteiger partial charge in [0, 0.05) is 4.90 Å². The van der Waals surface area contributed by atoms with Crippen LogP contribution in [0.5, 0.6) is 11.5 Å². The van der Waals surface area contributed by atoms with E-state index in [4.69, 9.17) is 14.2 Å². The van der Waals surface area contributed by atoms with Gasteiger partial charge in [-0.1, -0.05) is 12.1 Å². The molecule has 2 amide bonds. The molecule has 0 saturated heterocycles. The molecule has 0 saturated carbocycles. The van der Waals surface area contributed by atoms with Gasteiger partial charge < -0.3 is 24.8 Å². The van der Waals surface area contributed by atoms with Gasteiger partial charge in [-0.05, 0) is 37.3 Å². The largest absolute Gasteiger partial charge is 0.486 e. The molecule has 4 rings (SSSR count). The van der Waals surface area contributed by atoms with Crippen molar-refractivity contribution in [2.24, 2.45) is 0 Å². The molecule has 0 aromatic heterocycles. The molecule has 2 N–H and O–H groups in total. The van der Waals surface area contributed by atoms with E-state index in [2.05, 4.69) is 10.6 Å². The second kappa shape index (κ2) is 8.66. The fourth-order valence-electron chi connectivity index (χ4n) is 2.99. The summed E-state index contributed by atoms with van der Waals surface area (Å²) in [5.74, 6) is 0.0944. The fourth-order valence-corrected chi connectivity index (χ4v) is 3.92. The summed E-state index contributed by atoms with van der Waals surface area (Å²) in [5.41, 5.74) is 0.828. The summed E-state index contributed by atoms with van der Waals surface area (Å²) in [6.07, 6.45) is -0.330. The monoisotopic (exact) mass is 428 g/mol. The molecule has 2 aromatic carbocycles. The number of fused-ring (bicyclic) bond motifs is 2. The molecule has 0 aliphatic carbocycles. The molecule has 156 valence electrons. The minimum absolute atomic E-state index is 0.117. The maximum absolute atomic E-state index is 12.3. The van der Waals surface area contributed by atoms with E-state index in [1.807, 2.05) is 25.1 Å². The Hall–Kier alpha value is -3.20. The number of hydrogen-bond acceptors (Lipinski definition) is 7. The zero-order valence-corrected chi connectivity index (χ0v) is 17.0. The van der Waals surface area contributed by atoms with E-state index in [-0.39, 0.29) is 29.4 Å². The van der Waals surface area contributed by atoms with Gasteiger partial charge in [-0.25, -0.2) is 4.79 Å². The number of rotatable bonds is 5. The fraction of sp³-hybridized carbons (Fsp3) is 0.286. The summed E-state index contributed by atoms with van der Waals surface area (Å²) >= 11 is 1.42. The lowest BCUT2D eigenvalue weighted by Gasteiger charge is -2.26. The van der Waals surface area contributed by atoms with Crippen molar-refractivity contribution < 1.29 is 28.6 Å². The van der Waals surface area contributed by atoms with Crippen LogP contribution >= 0.6 is 11.8 Å². The van der Waals surface area contributed by atoms with E-state index in [1.165, 1.54) is 11.8 Å². The number of hydrogen-bond donors (Lipinski definition) is 2. The molecule has 2 unspecified atom stereocenters. The Kier molecular flexibility index (Phi) is 5.80. The quantitative estimate of drug-likeness (QED) is 0.704. The minimum Gasteiger partial charge on any atom is -0.486 e. The van der Waals surface area contributed by atoms with Crippen LogP contribution in [0, 0.1) is 0 Å². The molecule has 2 heterocycles. The molecule has 2 atom stereocenters. The molecule has 0 radical (unpaired) electrons. The highest BCUT2D eigenvalue weighted by molar-refractivity contribution is 8.00. The second-order valence-electron chi connectivity index (χ2n) is 6.84. The van der Waals surface area contributed by atoms with E-state index in [0.29, 0.717) is 23.8 Å². The summed E-state index contributed by atoms with van der Waals surface area (Å²) in [6, 6.07) is 12.2. The van der Waals surface area contributed by atoms with E-state index in [1.54, 1.807) is 24.3 Å². The van der Waals surface area contributed by atoms with Crippen LogP contribution in [0.3, 0.4) is 0 Å². The number of esters is 1. The summed E-state index contributed by atoms with van der Waals surface area (Å²) in [4.78, 5) is 37.0. The van der Waals surface area contributed by atoms with Crippen LogP contribution in [0.15, 0.2) is 47.4 Å². The van der Waals surface area contributed by atoms with Gasteiger partial charge >= 0.3 is 5.97 Å². The first-order chi connectivity index (χ1) is 14.5. The van der Waals surface area contributed by atoms with Gasteiger partial charge in [0.15, 0.2) is 18.1 Å². The maximum atomic E-state index is 12.3. The van der Waals surface area contributed by atoms with Gasteiger partial charge in [0.2, 0.25) is 5.91 Å². The van der Waals surface area contributed by atoms with E-state index < -0.39 is 18.5 Å². The van der Waals surface area contributed by atoms with Crippen LogP contribution in [0.1, 0.15) is 17.3 Å². The summed E-state index contributed by atoms with van der Waals surface area (Å²) in [7, 11) is 0. The lowest BCUT2D eigenvalue weighted by molar-refractivity contribution is -0.124. The Morgan fingerprint density at radius 3 is 2.87 bits per heavy atom. The number of amides is 2. The van der Waals surface area contributed by atoms with Crippen LogP contribution in [-0.4, -0.2) is 48.9 Å². The Balaban J connectivity index is 1.25. The summed E-state index contributed by atoms with van der Waals surface area (Å²) in [5, 5.41) is 5.24. The average Bonchev–Trinajstić information content (AvgIpc) is 2.76. The van der Waals surface area contributed by atoms with Crippen molar-refractivity contribution in [2.75, 3.05) is 25.1 Å². The molecule has 2 aliphatic rings. The Bertz CT molecular complexity index is 995. The van der Waals surface area contributed by atoms with Crippen molar-refractivity contribution in [3.63, 3.8) is 0 Å². The normalized spacial score (nSPS) is 19.3. The van der Waals surface area contributed by atoms with Crippen LogP contribution in [0.2, 0.25) is 0 Å². The zero-order chi connectivity index (χ0) is 21.1. The number of nitrogens with one attached hydrogen (secondary N) is 2. The van der Waals surface area contributed by atoms with Crippen LogP contribution in [0.4, 0.5) is 5.69 Å². The second-order valence-corrected chi connectivity index (χ2v) is 8.22. The Morgan fingerprint density at radius 2 is 2.03 bits per heavy atom. The third-order valence-corrected chi connectivity index (χ3v) is 5.75. The molecule has 2 aromatic rings. The highest BCUT2D eigenvalue weighted by atomic mass is 32.2. The number of carbonyl (C=O) groups is 3. The Labute approximate surface area is 177 Å². The number of anilines is 1.